The Balaban J connectivity index is 0.000000352. The average Bonchev–Trinajstić information content (AvgIpc) is 3.15. The van der Waals surface area contributed by atoms with Gasteiger partial charge in [-0.3, -0.25) is 19.2 Å². The lowest BCUT2D eigenvalue weighted by molar-refractivity contribution is -0.121. The molecule has 1 aromatic carbocycles. The average molecular weight is 407 g/mol. The van der Waals surface area contributed by atoms with Gasteiger partial charge in [0.1, 0.15) is 20.2 Å². The Morgan fingerprint density at radius 1 is 0.846 bits per heavy atom. The molecule has 0 atom stereocenters. The van der Waals surface area contributed by atoms with Gasteiger partial charge < -0.3 is 8.23 Å². The minimum absolute atomic E-state index is 0.138. The molecule has 0 N–H and O–H groups in total. The molecule has 8 nitrogen and oxygen atoms in total. The number of nitrogens with zero attached hydrogens (tertiary/aromatic N) is 2. The second kappa shape index (κ2) is 9.30. The van der Waals surface area contributed by atoms with Gasteiger partial charge in [0.05, 0.1) is 11.4 Å². The summed E-state index contributed by atoms with van der Waals surface area (Å²) in [5, 5.41) is 0. The number of benzene rings is 1. The number of anilines is 2. The molecule has 0 fully saturated rings. The summed E-state index contributed by atoms with van der Waals surface area (Å²) in [5.41, 5.74) is 0.630. The molecule has 0 saturated carbocycles. The molecule has 4 amide bonds. The fourth-order valence-electron chi connectivity index (χ4n) is 2.25. The van der Waals surface area contributed by atoms with Crippen LogP contribution in [-0.2, 0) is 27.4 Å². The van der Waals surface area contributed by atoms with Crippen molar-refractivity contribution in [3.05, 3.63) is 48.6 Å². The van der Waals surface area contributed by atoms with E-state index in [-0.39, 0.29) is 9.76 Å². The van der Waals surface area contributed by atoms with E-state index >= 15 is 0 Å². The van der Waals surface area contributed by atoms with E-state index < -0.39 is 33.6 Å². The summed E-state index contributed by atoms with van der Waals surface area (Å²) in [5.74, 6) is -1.82. The van der Waals surface area contributed by atoms with Gasteiger partial charge in [0.15, 0.2) is 0 Å². The third kappa shape index (κ3) is 4.59. The molecule has 0 spiro atoms. The minimum atomic E-state index is -0.455. The van der Waals surface area contributed by atoms with Crippen LogP contribution in [0.5, 0.6) is 0 Å². The zero-order valence-corrected chi connectivity index (χ0v) is 19.2. The number of imide groups is 2. The van der Waals surface area contributed by atoms with E-state index in [4.69, 9.17) is 8.23 Å². The van der Waals surface area contributed by atoms with E-state index in [9.17, 15) is 19.2 Å². The van der Waals surface area contributed by atoms with Crippen molar-refractivity contribution in [2.24, 2.45) is 0 Å². The van der Waals surface area contributed by atoms with E-state index in [1.54, 1.807) is 18.2 Å². The third-order valence-corrected chi connectivity index (χ3v) is 6.61. The van der Waals surface area contributed by atoms with Gasteiger partial charge in [-0.05, 0) is 18.2 Å². The van der Waals surface area contributed by atoms with Crippen LogP contribution in [0.3, 0.4) is 0 Å². The Bertz CT molecular complexity index is 698. The second-order valence-corrected chi connectivity index (χ2v) is 9.87. The van der Waals surface area contributed by atoms with Crippen molar-refractivity contribution in [2.45, 2.75) is 6.55 Å². The van der Waals surface area contributed by atoms with Crippen LogP contribution in [0.1, 0.15) is 0 Å². The summed E-state index contributed by atoms with van der Waals surface area (Å²) >= 11 is 0. The van der Waals surface area contributed by atoms with Crippen molar-refractivity contribution >= 4 is 65.3 Å². The fraction of sp³-hybridized carbons (Fsp3) is 0.0667. The molecular formula is C15H18N2O6Si3. The first-order valence-corrected chi connectivity index (χ1v) is 11.7. The van der Waals surface area contributed by atoms with Crippen LogP contribution in [0.2, 0.25) is 6.55 Å². The van der Waals surface area contributed by atoms with Crippen LogP contribution in [-0.4, -0.2) is 53.9 Å². The second-order valence-electron chi connectivity index (χ2n) is 5.11. The van der Waals surface area contributed by atoms with Gasteiger partial charge in [-0.15, -0.1) is 0 Å². The largest absolute Gasteiger partial charge is 0.449 e. The van der Waals surface area contributed by atoms with Crippen molar-refractivity contribution < 1.29 is 27.4 Å². The third-order valence-electron chi connectivity index (χ3n) is 3.37. The summed E-state index contributed by atoms with van der Waals surface area (Å²) in [6.45, 7) is 2.12. The van der Waals surface area contributed by atoms with Gasteiger partial charge in [-0.1, -0.05) is 12.6 Å². The molecular weight excluding hydrogens is 388 g/mol. The summed E-state index contributed by atoms with van der Waals surface area (Å²) < 4.78 is 9.95. The number of carbonyl (C=O) groups excluding carboxylic acids is 4. The predicted molar refractivity (Wildman–Crippen MR) is 105 cm³/mol. The van der Waals surface area contributed by atoms with Gasteiger partial charge in [0, 0.05) is 24.3 Å². The highest BCUT2D eigenvalue weighted by molar-refractivity contribution is 6.40. The SMILES string of the molecule is C[SiH2]O[SiH2]O[SiH3].O=C1C=CC(=O)N1c1cccc(N2C(=O)C=CC2=O)c1. The molecule has 3 rings (SSSR count). The van der Waals surface area contributed by atoms with Gasteiger partial charge in [0.25, 0.3) is 33.6 Å². The molecule has 2 aliphatic rings. The van der Waals surface area contributed by atoms with Crippen LogP contribution in [0.15, 0.2) is 48.6 Å². The highest BCUT2D eigenvalue weighted by Gasteiger charge is 2.28. The zero-order valence-electron chi connectivity index (χ0n) is 14.4. The van der Waals surface area contributed by atoms with E-state index in [1.165, 1.54) is 30.4 Å². The Kier molecular flexibility index (Phi) is 7.11. The van der Waals surface area contributed by atoms with Crippen LogP contribution < -0.4 is 9.80 Å². The molecule has 2 aliphatic heterocycles. The summed E-state index contributed by atoms with van der Waals surface area (Å²) in [7, 11) is 0.269. The number of carbonyl (C=O) groups is 4. The lowest BCUT2D eigenvalue weighted by Crippen LogP contribution is -2.31. The Morgan fingerprint density at radius 3 is 1.58 bits per heavy atom. The number of hydrogen-bond acceptors (Lipinski definition) is 6. The Labute approximate surface area is 158 Å². The van der Waals surface area contributed by atoms with Crippen molar-refractivity contribution in [1.29, 1.82) is 0 Å². The maximum absolute atomic E-state index is 11.6. The van der Waals surface area contributed by atoms with Crippen LogP contribution in [0.25, 0.3) is 0 Å². The summed E-state index contributed by atoms with van der Waals surface area (Å²) in [6, 6.07) is 6.14. The van der Waals surface area contributed by atoms with E-state index in [1.807, 2.05) is 0 Å². The lowest BCUT2D eigenvalue weighted by Gasteiger charge is -2.18. The quantitative estimate of drug-likeness (QED) is 0.318. The molecule has 0 saturated heterocycles. The molecule has 2 heterocycles. The van der Waals surface area contributed by atoms with E-state index in [2.05, 4.69) is 6.55 Å². The fourth-order valence-corrected chi connectivity index (χ4v) is 5.08. The molecule has 0 bridgehead atoms. The van der Waals surface area contributed by atoms with Crippen LogP contribution in [0.4, 0.5) is 11.4 Å². The van der Waals surface area contributed by atoms with Crippen molar-refractivity contribution in [3.63, 3.8) is 0 Å². The first-order valence-electron chi connectivity index (χ1n) is 7.78. The molecule has 26 heavy (non-hydrogen) atoms. The van der Waals surface area contributed by atoms with E-state index in [0.717, 1.165) is 20.3 Å². The zero-order chi connectivity index (χ0) is 19.1. The standard InChI is InChI=1S/C14H8N2O4.CH10O2Si3/c17-11-4-5-12(18)15(11)9-2-1-3-10(8-9)16-13(19)6-7-14(16)20;1-5-3-6-2-4/h1-8H;5-6H2,1,4H3. The van der Waals surface area contributed by atoms with Gasteiger partial charge in [0.2, 0.25) is 0 Å². The molecule has 0 aromatic heterocycles. The molecule has 136 valence electrons. The van der Waals surface area contributed by atoms with Gasteiger partial charge in [-0.25, -0.2) is 9.80 Å². The van der Waals surface area contributed by atoms with Crippen molar-refractivity contribution in [1.82, 2.24) is 0 Å². The monoisotopic (exact) mass is 406 g/mol. The van der Waals surface area contributed by atoms with Crippen molar-refractivity contribution in [2.75, 3.05) is 9.80 Å². The molecule has 11 heteroatoms. The number of rotatable bonds is 5. The first kappa shape index (κ1) is 19.9. The number of hydrogen-bond donors (Lipinski definition) is 0. The van der Waals surface area contributed by atoms with Crippen LogP contribution in [0, 0.1) is 0 Å². The maximum Gasteiger partial charge on any atom is 0.282 e. The molecule has 0 aliphatic carbocycles. The normalized spacial score (nSPS) is 16.8. The van der Waals surface area contributed by atoms with Crippen molar-refractivity contribution in [3.8, 4) is 0 Å². The van der Waals surface area contributed by atoms with Gasteiger partial charge in [-0.2, -0.15) is 0 Å². The predicted octanol–water partition coefficient (Wildman–Crippen LogP) is -2.02. The molecule has 0 radical (unpaired) electrons. The summed E-state index contributed by atoms with van der Waals surface area (Å²) in [6.07, 6.45) is 4.68. The Hall–Kier alpha value is -2.45. The molecule has 0 unspecified atom stereocenters. The first-order chi connectivity index (χ1) is 12.5. The minimum Gasteiger partial charge on any atom is -0.449 e. The lowest BCUT2D eigenvalue weighted by atomic mass is 10.2. The topological polar surface area (TPSA) is 93.2 Å². The van der Waals surface area contributed by atoms with E-state index in [0.29, 0.717) is 11.4 Å². The summed E-state index contributed by atoms with van der Waals surface area (Å²) in [4.78, 5) is 48.4. The smallest absolute Gasteiger partial charge is 0.282 e. The number of amides is 4. The highest BCUT2D eigenvalue weighted by Crippen LogP contribution is 2.26. The maximum atomic E-state index is 11.6. The Morgan fingerprint density at radius 2 is 1.27 bits per heavy atom. The van der Waals surface area contributed by atoms with Gasteiger partial charge >= 0.3 is 0 Å². The van der Waals surface area contributed by atoms with Crippen LogP contribution >= 0.6 is 0 Å². The molecule has 1 aromatic rings. The highest BCUT2D eigenvalue weighted by atomic mass is 28.3.